The van der Waals surface area contributed by atoms with Crippen LogP contribution >= 0.6 is 0 Å². The van der Waals surface area contributed by atoms with E-state index in [4.69, 9.17) is 14.2 Å². The molecule has 0 amide bonds. The molecule has 268 valence electrons. The first-order valence-electron chi connectivity index (χ1n) is 18.4. The molecule has 4 aromatic rings. The Balaban J connectivity index is 1.10. The van der Waals surface area contributed by atoms with E-state index in [0.717, 1.165) is 71.4 Å². The molecule has 4 aliphatic heterocycles. The summed E-state index contributed by atoms with van der Waals surface area (Å²) in [5.41, 5.74) is 9.28. The summed E-state index contributed by atoms with van der Waals surface area (Å²) >= 11 is 0. The molecule has 0 radical (unpaired) electrons. The van der Waals surface area contributed by atoms with Crippen molar-refractivity contribution in [2.24, 2.45) is 0 Å². The normalized spacial score (nSPS) is 17.6. The van der Waals surface area contributed by atoms with Crippen LogP contribution in [0.25, 0.3) is 12.2 Å². The zero-order chi connectivity index (χ0) is 37.6. The van der Waals surface area contributed by atoms with Gasteiger partial charge in [0.15, 0.2) is 11.5 Å². The molecular weight excluding hydrogens is 669 g/mol. The summed E-state index contributed by atoms with van der Waals surface area (Å²) < 4.78 is 18.7. The van der Waals surface area contributed by atoms with Crippen molar-refractivity contribution in [3.8, 4) is 29.4 Å². The summed E-state index contributed by atoms with van der Waals surface area (Å²) in [6.45, 7) is 11.4. The molecule has 0 N–H and O–H groups in total. The van der Waals surface area contributed by atoms with E-state index in [0.29, 0.717) is 17.1 Å². The van der Waals surface area contributed by atoms with Gasteiger partial charge in [-0.3, -0.25) is 0 Å². The van der Waals surface area contributed by atoms with Crippen LogP contribution in [0.1, 0.15) is 62.8 Å². The van der Waals surface area contributed by atoms with Crippen LogP contribution in [0.2, 0.25) is 0 Å². The van der Waals surface area contributed by atoms with Gasteiger partial charge in [-0.2, -0.15) is 10.5 Å². The highest BCUT2D eigenvalue weighted by Gasteiger charge is 2.42. The number of nitriles is 2. The predicted octanol–water partition coefficient (Wildman–Crippen LogP) is 11.3. The summed E-state index contributed by atoms with van der Waals surface area (Å²) in [5, 5.41) is 19.6. The first-order valence-corrected chi connectivity index (χ1v) is 18.4. The zero-order valence-electron chi connectivity index (χ0n) is 31.3. The fourth-order valence-corrected chi connectivity index (χ4v) is 7.99. The monoisotopic (exact) mass is 710 g/mol. The second kappa shape index (κ2) is 13.5. The SMILES string of the molecule is COc1c(/C=C/C2=CC(=C(C#N)C#N)C=C(/C=C/c3ccc(N4c5ccccc5Oc5ccccc54)cc3)O2)cc2c3c1C(C)(C)CCN3CCC2(C)C. The number of anilines is 4. The highest BCUT2D eigenvalue weighted by atomic mass is 16.5. The molecule has 4 aliphatic rings. The van der Waals surface area contributed by atoms with E-state index in [1.165, 1.54) is 16.8 Å². The quantitative estimate of drug-likeness (QED) is 0.162. The van der Waals surface area contributed by atoms with E-state index in [1.54, 1.807) is 19.3 Å². The predicted molar refractivity (Wildman–Crippen MR) is 215 cm³/mol. The number of nitrogens with zero attached hydrogens (tertiary/aromatic N) is 4. The Kier molecular flexibility index (Phi) is 8.67. The Morgan fingerprint density at radius 2 is 1.33 bits per heavy atom. The topological polar surface area (TPSA) is 81.8 Å². The average molecular weight is 711 g/mol. The molecule has 0 bridgehead atoms. The van der Waals surface area contributed by atoms with Crippen molar-refractivity contribution in [1.82, 2.24) is 0 Å². The average Bonchev–Trinajstić information content (AvgIpc) is 3.18. The Morgan fingerprint density at radius 3 is 1.94 bits per heavy atom. The van der Waals surface area contributed by atoms with Gasteiger partial charge >= 0.3 is 0 Å². The van der Waals surface area contributed by atoms with Crippen LogP contribution < -0.4 is 19.3 Å². The maximum atomic E-state index is 9.79. The van der Waals surface area contributed by atoms with Gasteiger partial charge < -0.3 is 24.0 Å². The number of benzene rings is 4. The van der Waals surface area contributed by atoms with Crippen molar-refractivity contribution in [1.29, 1.82) is 10.5 Å². The fraction of sp³-hybridized carbons (Fsp3) is 0.234. The van der Waals surface area contributed by atoms with Gasteiger partial charge in [0.05, 0.1) is 18.5 Å². The standard InChI is InChI=1S/C47H42N4O3/c1-46(2)22-24-50-25-23-47(3,4)43-44(50)38(46)28-32(45(43)52-5)17-21-37-27-33(34(29-48)30-49)26-36(53-37)20-16-31-14-18-35(19-15-31)51-39-10-6-8-12-41(39)54-42-13-9-7-11-40(42)51/h6-21,26-28H,22-25H2,1-5H3/b20-16+,21-17+. The van der Waals surface area contributed by atoms with Crippen LogP contribution in [0.15, 0.2) is 126 Å². The maximum Gasteiger partial charge on any atom is 0.151 e. The van der Waals surface area contributed by atoms with Gasteiger partial charge in [0.2, 0.25) is 0 Å². The third-order valence-corrected chi connectivity index (χ3v) is 11.0. The number of fused-ring (bicyclic) bond motifs is 2. The summed E-state index contributed by atoms with van der Waals surface area (Å²) in [5.74, 6) is 3.51. The lowest BCUT2D eigenvalue weighted by Crippen LogP contribution is -2.45. The molecule has 0 aliphatic carbocycles. The Labute approximate surface area is 317 Å². The van der Waals surface area contributed by atoms with Crippen molar-refractivity contribution in [3.63, 3.8) is 0 Å². The number of ether oxygens (including phenoxy) is 3. The van der Waals surface area contributed by atoms with Gasteiger partial charge in [0.25, 0.3) is 0 Å². The van der Waals surface area contributed by atoms with Gasteiger partial charge in [-0.05, 0) is 108 Å². The van der Waals surface area contributed by atoms with E-state index in [-0.39, 0.29) is 16.4 Å². The molecule has 4 heterocycles. The number of hydrogen-bond acceptors (Lipinski definition) is 7. The summed E-state index contributed by atoms with van der Waals surface area (Å²) in [7, 11) is 1.75. The van der Waals surface area contributed by atoms with Crippen molar-refractivity contribution in [2.75, 3.05) is 30.0 Å². The number of allylic oxidation sites excluding steroid dienone is 6. The molecule has 0 saturated heterocycles. The highest BCUT2D eigenvalue weighted by molar-refractivity contribution is 5.86. The van der Waals surface area contributed by atoms with E-state index in [1.807, 2.05) is 72.8 Å². The Hall–Kier alpha value is -6.44. The van der Waals surface area contributed by atoms with E-state index in [9.17, 15) is 10.5 Å². The molecule has 0 spiro atoms. The van der Waals surface area contributed by atoms with Crippen LogP contribution in [-0.4, -0.2) is 20.2 Å². The zero-order valence-corrected chi connectivity index (χ0v) is 31.3. The molecule has 54 heavy (non-hydrogen) atoms. The van der Waals surface area contributed by atoms with Gasteiger partial charge in [-0.25, -0.2) is 0 Å². The highest BCUT2D eigenvalue weighted by Crippen LogP contribution is 2.54. The van der Waals surface area contributed by atoms with E-state index < -0.39 is 0 Å². The maximum absolute atomic E-state index is 9.79. The van der Waals surface area contributed by atoms with Crippen LogP contribution in [0, 0.1) is 22.7 Å². The lowest BCUT2D eigenvalue weighted by Gasteiger charge is -2.48. The van der Waals surface area contributed by atoms with Crippen molar-refractivity contribution >= 4 is 34.9 Å². The number of hydrogen-bond donors (Lipinski definition) is 0. The molecular formula is C47H42N4O3. The molecule has 0 unspecified atom stereocenters. The second-order valence-electron chi connectivity index (χ2n) is 15.4. The molecule has 0 aromatic heterocycles. The first kappa shape index (κ1) is 34.6. The minimum absolute atomic E-state index is 0.0178. The first-order chi connectivity index (χ1) is 26.1. The Morgan fingerprint density at radius 1 is 0.741 bits per heavy atom. The smallest absolute Gasteiger partial charge is 0.151 e. The second-order valence-corrected chi connectivity index (χ2v) is 15.4. The molecule has 0 atom stereocenters. The minimum Gasteiger partial charge on any atom is -0.496 e. The number of para-hydroxylation sites is 4. The van der Waals surface area contributed by atoms with Crippen LogP contribution in [-0.2, 0) is 15.6 Å². The molecule has 0 fully saturated rings. The number of methoxy groups -OCH3 is 1. The molecule has 8 rings (SSSR count). The van der Waals surface area contributed by atoms with Crippen molar-refractivity contribution in [2.45, 2.75) is 51.4 Å². The van der Waals surface area contributed by atoms with Crippen molar-refractivity contribution < 1.29 is 14.2 Å². The third-order valence-electron chi connectivity index (χ3n) is 11.0. The van der Waals surface area contributed by atoms with Crippen molar-refractivity contribution in [3.05, 3.63) is 148 Å². The fourth-order valence-electron chi connectivity index (χ4n) is 7.99. The van der Waals surface area contributed by atoms with Gasteiger partial charge in [-0.15, -0.1) is 0 Å². The van der Waals surface area contributed by atoms with Crippen LogP contribution in [0.3, 0.4) is 0 Å². The summed E-state index contributed by atoms with van der Waals surface area (Å²) in [6.07, 6.45) is 13.4. The van der Waals surface area contributed by atoms with Crippen LogP contribution in [0.5, 0.6) is 17.2 Å². The summed E-state index contributed by atoms with van der Waals surface area (Å²) in [6, 6.07) is 30.7. The molecule has 7 heteroatoms. The van der Waals surface area contributed by atoms with Gasteiger partial charge in [0, 0.05) is 41.2 Å². The lowest BCUT2D eigenvalue weighted by molar-refractivity contribution is 0.332. The lowest BCUT2D eigenvalue weighted by atomic mass is 9.68. The number of rotatable bonds is 6. The molecule has 7 nitrogen and oxygen atoms in total. The van der Waals surface area contributed by atoms with Gasteiger partial charge in [-0.1, -0.05) is 70.2 Å². The molecule has 0 saturated carbocycles. The van der Waals surface area contributed by atoms with E-state index in [2.05, 4.69) is 80.0 Å². The molecule has 4 aromatic carbocycles. The third kappa shape index (κ3) is 6.12. The van der Waals surface area contributed by atoms with Crippen LogP contribution in [0.4, 0.5) is 22.7 Å². The Bertz CT molecular complexity index is 2350. The summed E-state index contributed by atoms with van der Waals surface area (Å²) in [4.78, 5) is 4.73. The van der Waals surface area contributed by atoms with E-state index >= 15 is 0 Å². The minimum atomic E-state index is -0.0513. The largest absolute Gasteiger partial charge is 0.496 e. The van der Waals surface area contributed by atoms with Gasteiger partial charge in [0.1, 0.15) is 35.0 Å².